The molecule has 1 amide bonds. The van der Waals surface area contributed by atoms with E-state index in [-0.39, 0.29) is 6.04 Å². The topological polar surface area (TPSA) is 76.1 Å². The molecule has 2 atom stereocenters. The van der Waals surface area contributed by atoms with Gasteiger partial charge in [0.2, 0.25) is 0 Å². The largest absolute Gasteiger partial charge is 0.479 e. The third-order valence-corrected chi connectivity index (χ3v) is 3.83. The van der Waals surface area contributed by atoms with Crippen LogP contribution in [-0.2, 0) is 14.3 Å². The van der Waals surface area contributed by atoms with Crippen LogP contribution in [0.15, 0.2) is 0 Å². The summed E-state index contributed by atoms with van der Waals surface area (Å²) in [6, 6.07) is -0.0508. The van der Waals surface area contributed by atoms with Gasteiger partial charge in [-0.15, -0.1) is 0 Å². The van der Waals surface area contributed by atoms with Gasteiger partial charge in [0.05, 0.1) is 12.7 Å². The first-order valence-electron chi connectivity index (χ1n) is 7.06. The first-order valence-corrected chi connectivity index (χ1v) is 7.06. The Labute approximate surface area is 119 Å². The van der Waals surface area contributed by atoms with E-state index in [1.54, 1.807) is 27.7 Å². The number of hydrogen-bond acceptors (Lipinski definition) is 4. The molecule has 0 bridgehead atoms. The maximum atomic E-state index is 12.5. The smallest absolute Gasteiger partial charge is 0.411 e. The van der Waals surface area contributed by atoms with Gasteiger partial charge in [-0.2, -0.15) is 0 Å². The minimum atomic E-state index is -1.30. The highest BCUT2D eigenvalue weighted by Gasteiger charge is 2.59. The molecule has 0 aromatic carbocycles. The van der Waals surface area contributed by atoms with Crippen LogP contribution in [0.2, 0.25) is 0 Å². The molecule has 2 unspecified atom stereocenters. The Morgan fingerprint density at radius 2 is 1.95 bits per heavy atom. The molecule has 2 rings (SSSR count). The fourth-order valence-corrected chi connectivity index (χ4v) is 2.71. The molecular formula is C14H23NO5. The second-order valence-electron chi connectivity index (χ2n) is 6.57. The van der Waals surface area contributed by atoms with Crippen molar-refractivity contribution in [2.24, 2.45) is 0 Å². The van der Waals surface area contributed by atoms with Gasteiger partial charge in [0, 0.05) is 12.5 Å². The molecule has 114 valence electrons. The molecule has 1 aliphatic heterocycles. The van der Waals surface area contributed by atoms with E-state index in [4.69, 9.17) is 9.47 Å². The Bertz CT molecular complexity index is 412. The summed E-state index contributed by atoms with van der Waals surface area (Å²) in [5.74, 6) is -1.01. The third kappa shape index (κ3) is 2.61. The van der Waals surface area contributed by atoms with Crippen molar-refractivity contribution >= 4 is 12.1 Å². The van der Waals surface area contributed by atoms with E-state index in [2.05, 4.69) is 0 Å². The van der Waals surface area contributed by atoms with Crippen LogP contribution >= 0.6 is 0 Å². The van der Waals surface area contributed by atoms with Gasteiger partial charge < -0.3 is 14.6 Å². The molecule has 2 fully saturated rings. The number of aliphatic carboxylic acids is 1. The molecule has 1 saturated carbocycles. The molecule has 6 nitrogen and oxygen atoms in total. The molecule has 0 aromatic rings. The number of carboxylic acid groups (broad SMARTS) is 1. The maximum absolute atomic E-state index is 12.5. The Balaban J connectivity index is 2.31. The van der Waals surface area contributed by atoms with Crippen LogP contribution in [0.4, 0.5) is 4.79 Å². The normalized spacial score (nSPS) is 30.1. The SMILES string of the molecule is CC1OCCC1(C(=O)O)N(C(=O)OC(C)(C)C)C1CC1. The predicted octanol–water partition coefficient (Wildman–Crippen LogP) is 2.02. The number of ether oxygens (including phenoxy) is 2. The van der Waals surface area contributed by atoms with E-state index < -0.39 is 29.3 Å². The first kappa shape index (κ1) is 15.1. The summed E-state index contributed by atoms with van der Waals surface area (Å²) in [5, 5.41) is 9.70. The maximum Gasteiger partial charge on any atom is 0.411 e. The monoisotopic (exact) mass is 285 g/mol. The molecule has 2 aliphatic rings. The van der Waals surface area contributed by atoms with Crippen molar-refractivity contribution in [1.82, 2.24) is 4.90 Å². The van der Waals surface area contributed by atoms with Gasteiger partial charge in [0.1, 0.15) is 5.60 Å². The lowest BCUT2D eigenvalue weighted by Gasteiger charge is -2.40. The zero-order chi connectivity index (χ0) is 15.1. The molecule has 0 radical (unpaired) electrons. The standard InChI is InChI=1S/C14H23NO5/c1-9-14(11(16)17,7-8-19-9)15(10-5-6-10)12(18)20-13(2,3)4/h9-10H,5-8H2,1-4H3,(H,16,17). The summed E-state index contributed by atoms with van der Waals surface area (Å²) >= 11 is 0. The van der Waals surface area contributed by atoms with Gasteiger partial charge in [-0.3, -0.25) is 4.90 Å². The summed E-state index contributed by atoms with van der Waals surface area (Å²) in [6.07, 6.45) is 0.856. The lowest BCUT2D eigenvalue weighted by molar-refractivity contribution is -0.155. The zero-order valence-corrected chi connectivity index (χ0v) is 12.5. The minimum Gasteiger partial charge on any atom is -0.479 e. The van der Waals surface area contributed by atoms with Gasteiger partial charge in [-0.05, 0) is 40.5 Å². The van der Waals surface area contributed by atoms with Gasteiger partial charge in [0.15, 0.2) is 5.54 Å². The minimum absolute atomic E-state index is 0.0508. The number of rotatable bonds is 3. The summed E-state index contributed by atoms with van der Waals surface area (Å²) in [5.41, 5.74) is -1.95. The first-order chi connectivity index (χ1) is 9.18. The second-order valence-corrected chi connectivity index (χ2v) is 6.57. The van der Waals surface area contributed by atoms with Crippen LogP contribution < -0.4 is 0 Å². The molecular weight excluding hydrogens is 262 g/mol. The van der Waals surface area contributed by atoms with Crippen LogP contribution in [0.5, 0.6) is 0 Å². The zero-order valence-electron chi connectivity index (χ0n) is 12.5. The molecule has 1 saturated heterocycles. The predicted molar refractivity (Wildman–Crippen MR) is 71.5 cm³/mol. The molecule has 1 heterocycles. The van der Waals surface area contributed by atoms with Crippen LogP contribution in [-0.4, -0.2) is 52.0 Å². The molecule has 6 heteroatoms. The number of amides is 1. The van der Waals surface area contributed by atoms with Gasteiger partial charge in [-0.25, -0.2) is 9.59 Å². The third-order valence-electron chi connectivity index (χ3n) is 3.83. The van der Waals surface area contributed by atoms with Crippen molar-refractivity contribution < 1.29 is 24.2 Å². The van der Waals surface area contributed by atoms with Crippen molar-refractivity contribution in [2.75, 3.05) is 6.61 Å². The van der Waals surface area contributed by atoms with Gasteiger partial charge >= 0.3 is 12.1 Å². The van der Waals surface area contributed by atoms with E-state index in [1.807, 2.05) is 0 Å². The quantitative estimate of drug-likeness (QED) is 0.858. The molecule has 0 aromatic heterocycles. The number of carbonyl (C=O) groups is 2. The van der Waals surface area contributed by atoms with E-state index in [1.165, 1.54) is 4.90 Å². The Hall–Kier alpha value is -1.30. The van der Waals surface area contributed by atoms with E-state index in [9.17, 15) is 14.7 Å². The molecule has 0 spiro atoms. The Morgan fingerprint density at radius 3 is 2.30 bits per heavy atom. The Morgan fingerprint density at radius 1 is 1.35 bits per heavy atom. The number of carbonyl (C=O) groups excluding carboxylic acids is 1. The fourth-order valence-electron chi connectivity index (χ4n) is 2.71. The number of nitrogens with zero attached hydrogens (tertiary/aromatic N) is 1. The van der Waals surface area contributed by atoms with Gasteiger partial charge in [0.25, 0.3) is 0 Å². The van der Waals surface area contributed by atoms with E-state index >= 15 is 0 Å². The second kappa shape index (κ2) is 4.91. The van der Waals surface area contributed by atoms with Crippen molar-refractivity contribution in [3.05, 3.63) is 0 Å². The van der Waals surface area contributed by atoms with E-state index in [0.29, 0.717) is 13.0 Å². The summed E-state index contributed by atoms with van der Waals surface area (Å²) < 4.78 is 10.8. The average Bonchev–Trinajstić information content (AvgIpc) is 3.01. The van der Waals surface area contributed by atoms with Crippen molar-refractivity contribution in [1.29, 1.82) is 0 Å². The number of hydrogen-bond donors (Lipinski definition) is 1. The van der Waals surface area contributed by atoms with Crippen LogP contribution in [0, 0.1) is 0 Å². The highest BCUT2D eigenvalue weighted by Crippen LogP contribution is 2.41. The van der Waals surface area contributed by atoms with Crippen LogP contribution in [0.3, 0.4) is 0 Å². The average molecular weight is 285 g/mol. The molecule has 1 N–H and O–H groups in total. The van der Waals surface area contributed by atoms with Crippen molar-refractivity contribution in [2.45, 2.75) is 70.2 Å². The number of carboxylic acids is 1. The fraction of sp³-hybridized carbons (Fsp3) is 0.857. The summed E-state index contributed by atoms with van der Waals surface area (Å²) in [6.45, 7) is 7.38. The Kier molecular flexibility index (Phi) is 3.71. The summed E-state index contributed by atoms with van der Waals surface area (Å²) in [7, 11) is 0. The lowest BCUT2D eigenvalue weighted by atomic mass is 9.89. The highest BCUT2D eigenvalue weighted by atomic mass is 16.6. The van der Waals surface area contributed by atoms with Crippen molar-refractivity contribution in [3.63, 3.8) is 0 Å². The van der Waals surface area contributed by atoms with E-state index in [0.717, 1.165) is 12.8 Å². The lowest BCUT2D eigenvalue weighted by Crippen LogP contribution is -2.62. The van der Waals surface area contributed by atoms with Crippen molar-refractivity contribution in [3.8, 4) is 0 Å². The molecule has 1 aliphatic carbocycles. The van der Waals surface area contributed by atoms with Crippen LogP contribution in [0.1, 0.15) is 47.0 Å². The highest BCUT2D eigenvalue weighted by molar-refractivity contribution is 5.86. The molecule has 20 heavy (non-hydrogen) atoms. The van der Waals surface area contributed by atoms with Crippen LogP contribution in [0.25, 0.3) is 0 Å². The summed E-state index contributed by atoms with van der Waals surface area (Å²) in [4.78, 5) is 25.7. The van der Waals surface area contributed by atoms with Gasteiger partial charge in [-0.1, -0.05) is 0 Å².